The van der Waals surface area contributed by atoms with Crippen molar-refractivity contribution < 1.29 is 9.59 Å². The van der Waals surface area contributed by atoms with Crippen LogP contribution >= 0.6 is 15.9 Å². The van der Waals surface area contributed by atoms with Gasteiger partial charge in [-0.05, 0) is 42.7 Å². The van der Waals surface area contributed by atoms with Gasteiger partial charge in [0.1, 0.15) is 0 Å². The van der Waals surface area contributed by atoms with Crippen LogP contribution in [0.5, 0.6) is 0 Å². The zero-order valence-electron chi connectivity index (χ0n) is 16.4. The molecule has 6 heteroatoms. The Balaban J connectivity index is 1.30. The summed E-state index contributed by atoms with van der Waals surface area (Å²) in [4.78, 5) is 29.7. The summed E-state index contributed by atoms with van der Waals surface area (Å²) in [5, 5.41) is 2.92. The Hall–Kier alpha value is -2.34. The maximum absolute atomic E-state index is 13.0. The minimum Gasteiger partial charge on any atom is -0.368 e. The van der Waals surface area contributed by atoms with Crippen LogP contribution in [-0.2, 0) is 15.0 Å². The van der Waals surface area contributed by atoms with Gasteiger partial charge in [-0.1, -0.05) is 52.7 Å². The highest BCUT2D eigenvalue weighted by atomic mass is 79.9. The van der Waals surface area contributed by atoms with Crippen molar-refractivity contribution >= 4 is 33.4 Å². The highest BCUT2D eigenvalue weighted by molar-refractivity contribution is 9.10. The zero-order valence-corrected chi connectivity index (χ0v) is 18.0. The molecule has 1 saturated carbocycles. The van der Waals surface area contributed by atoms with Gasteiger partial charge in [0.2, 0.25) is 11.8 Å². The lowest BCUT2D eigenvalue weighted by molar-refractivity contribution is -0.136. The number of amides is 2. The number of hydrogen-bond donors (Lipinski definition) is 1. The van der Waals surface area contributed by atoms with E-state index in [1.807, 2.05) is 47.4 Å². The van der Waals surface area contributed by atoms with E-state index in [0.29, 0.717) is 13.1 Å². The number of para-hydroxylation sites is 1. The SMILES string of the molecule is O=C(CNC(=O)C1(c2ccc(Br)cc2)CCC1)N1CCN(c2ccccc2)CC1. The molecule has 4 rings (SSSR count). The van der Waals surface area contributed by atoms with E-state index in [-0.39, 0.29) is 18.4 Å². The highest BCUT2D eigenvalue weighted by Gasteiger charge is 2.45. The normalized spacial score (nSPS) is 18.1. The molecule has 0 spiro atoms. The third-order valence-corrected chi connectivity index (χ3v) is 6.72. The van der Waals surface area contributed by atoms with Gasteiger partial charge in [0.05, 0.1) is 12.0 Å². The fourth-order valence-corrected chi connectivity index (χ4v) is 4.50. The summed E-state index contributed by atoms with van der Waals surface area (Å²) in [5.74, 6) is -0.0290. The molecule has 2 fully saturated rings. The Kier molecular flexibility index (Phi) is 5.90. The third-order valence-electron chi connectivity index (χ3n) is 6.19. The molecule has 0 radical (unpaired) electrons. The van der Waals surface area contributed by atoms with Gasteiger partial charge in [-0.15, -0.1) is 0 Å². The summed E-state index contributed by atoms with van der Waals surface area (Å²) in [6, 6.07) is 18.2. The van der Waals surface area contributed by atoms with Crippen LogP contribution < -0.4 is 10.2 Å². The largest absolute Gasteiger partial charge is 0.368 e. The summed E-state index contributed by atoms with van der Waals surface area (Å²) < 4.78 is 1.00. The van der Waals surface area contributed by atoms with Crippen molar-refractivity contribution in [3.8, 4) is 0 Å². The molecule has 1 heterocycles. The van der Waals surface area contributed by atoms with E-state index in [1.54, 1.807) is 0 Å². The fraction of sp³-hybridized carbons (Fsp3) is 0.391. The number of halogens is 1. The number of benzene rings is 2. The molecule has 1 aliphatic carbocycles. The maximum Gasteiger partial charge on any atom is 0.242 e. The number of piperazine rings is 1. The number of anilines is 1. The first-order valence-corrected chi connectivity index (χ1v) is 11.0. The lowest BCUT2D eigenvalue weighted by Crippen LogP contribution is -2.54. The van der Waals surface area contributed by atoms with Crippen LogP contribution in [0.15, 0.2) is 59.1 Å². The molecule has 0 bridgehead atoms. The van der Waals surface area contributed by atoms with Crippen molar-refractivity contribution in [1.29, 1.82) is 0 Å². The zero-order chi connectivity index (χ0) is 20.3. The monoisotopic (exact) mass is 455 g/mol. The summed E-state index contributed by atoms with van der Waals surface area (Å²) >= 11 is 3.45. The van der Waals surface area contributed by atoms with Gasteiger partial charge in [0.25, 0.3) is 0 Å². The first kappa shape index (κ1) is 20.0. The van der Waals surface area contributed by atoms with Crippen LogP contribution in [-0.4, -0.2) is 49.4 Å². The molecule has 2 aromatic rings. The van der Waals surface area contributed by atoms with E-state index >= 15 is 0 Å². The van der Waals surface area contributed by atoms with Crippen LogP contribution in [0.2, 0.25) is 0 Å². The number of rotatable bonds is 5. The van der Waals surface area contributed by atoms with Crippen LogP contribution in [0.1, 0.15) is 24.8 Å². The summed E-state index contributed by atoms with van der Waals surface area (Å²) in [6.07, 6.45) is 2.72. The predicted octanol–water partition coefficient (Wildman–Crippen LogP) is 3.34. The van der Waals surface area contributed by atoms with Gasteiger partial charge in [-0.3, -0.25) is 9.59 Å². The molecule has 0 atom stereocenters. The smallest absolute Gasteiger partial charge is 0.242 e. The minimum atomic E-state index is -0.479. The Morgan fingerprint density at radius 2 is 1.59 bits per heavy atom. The van der Waals surface area contributed by atoms with Gasteiger partial charge in [0, 0.05) is 36.3 Å². The van der Waals surface area contributed by atoms with Crippen molar-refractivity contribution in [2.24, 2.45) is 0 Å². The molecule has 1 N–H and O–H groups in total. The van der Waals surface area contributed by atoms with Crippen LogP contribution in [0.3, 0.4) is 0 Å². The van der Waals surface area contributed by atoms with Crippen LogP contribution in [0.25, 0.3) is 0 Å². The van der Waals surface area contributed by atoms with E-state index in [1.165, 1.54) is 5.69 Å². The van der Waals surface area contributed by atoms with Gasteiger partial charge in [-0.25, -0.2) is 0 Å². The van der Waals surface area contributed by atoms with Crippen LogP contribution in [0, 0.1) is 0 Å². The molecular weight excluding hydrogens is 430 g/mol. The summed E-state index contributed by atoms with van der Waals surface area (Å²) in [7, 11) is 0. The second-order valence-electron chi connectivity index (χ2n) is 7.83. The molecule has 2 aromatic carbocycles. The summed E-state index contributed by atoms with van der Waals surface area (Å²) in [5.41, 5.74) is 1.75. The van der Waals surface area contributed by atoms with E-state index in [4.69, 9.17) is 0 Å². The first-order chi connectivity index (χ1) is 14.1. The van der Waals surface area contributed by atoms with Crippen molar-refractivity contribution in [3.05, 3.63) is 64.6 Å². The highest BCUT2D eigenvalue weighted by Crippen LogP contribution is 2.44. The Morgan fingerprint density at radius 1 is 0.931 bits per heavy atom. The summed E-state index contributed by atoms with van der Waals surface area (Å²) in [6.45, 7) is 3.06. The van der Waals surface area contributed by atoms with Crippen molar-refractivity contribution in [1.82, 2.24) is 10.2 Å². The maximum atomic E-state index is 13.0. The molecular formula is C23H26BrN3O2. The molecule has 0 aromatic heterocycles. The van der Waals surface area contributed by atoms with Gasteiger partial charge < -0.3 is 15.1 Å². The molecule has 2 amide bonds. The fourth-order valence-electron chi connectivity index (χ4n) is 4.24. The van der Waals surface area contributed by atoms with E-state index in [2.05, 4.69) is 38.3 Å². The average Bonchev–Trinajstić information content (AvgIpc) is 2.73. The van der Waals surface area contributed by atoms with E-state index in [9.17, 15) is 9.59 Å². The second-order valence-corrected chi connectivity index (χ2v) is 8.74. The molecule has 29 heavy (non-hydrogen) atoms. The molecule has 1 aliphatic heterocycles. The van der Waals surface area contributed by atoms with Crippen molar-refractivity contribution in [2.75, 3.05) is 37.6 Å². The van der Waals surface area contributed by atoms with Crippen molar-refractivity contribution in [3.63, 3.8) is 0 Å². The molecule has 152 valence electrons. The Morgan fingerprint density at radius 3 is 2.17 bits per heavy atom. The Bertz CT molecular complexity index is 857. The lowest BCUT2D eigenvalue weighted by Gasteiger charge is -2.41. The van der Waals surface area contributed by atoms with Crippen LogP contribution in [0.4, 0.5) is 5.69 Å². The molecule has 2 aliphatic rings. The number of hydrogen-bond acceptors (Lipinski definition) is 3. The molecule has 5 nitrogen and oxygen atoms in total. The topological polar surface area (TPSA) is 52.7 Å². The standard InChI is InChI=1S/C23H26BrN3O2/c24-19-9-7-18(8-10-19)23(11-4-12-23)22(29)25-17-21(28)27-15-13-26(14-16-27)20-5-2-1-3-6-20/h1-3,5-10H,4,11-17H2,(H,25,29). The first-order valence-electron chi connectivity index (χ1n) is 10.2. The second kappa shape index (κ2) is 8.57. The molecule has 0 unspecified atom stereocenters. The molecule has 1 saturated heterocycles. The third kappa shape index (κ3) is 4.17. The quantitative estimate of drug-likeness (QED) is 0.751. The number of carbonyl (C=O) groups excluding carboxylic acids is 2. The number of nitrogens with zero attached hydrogens (tertiary/aromatic N) is 2. The van der Waals surface area contributed by atoms with Gasteiger partial charge in [0.15, 0.2) is 0 Å². The average molecular weight is 456 g/mol. The predicted molar refractivity (Wildman–Crippen MR) is 118 cm³/mol. The Labute approximate surface area is 180 Å². The number of nitrogens with one attached hydrogen (secondary N) is 1. The lowest BCUT2D eigenvalue weighted by atomic mass is 9.64. The number of carbonyl (C=O) groups is 2. The van der Waals surface area contributed by atoms with E-state index in [0.717, 1.165) is 42.4 Å². The minimum absolute atomic E-state index is 0.00339. The van der Waals surface area contributed by atoms with Crippen molar-refractivity contribution in [2.45, 2.75) is 24.7 Å². The van der Waals surface area contributed by atoms with Gasteiger partial charge >= 0.3 is 0 Å². The van der Waals surface area contributed by atoms with E-state index < -0.39 is 5.41 Å². The van der Waals surface area contributed by atoms with Gasteiger partial charge in [-0.2, -0.15) is 0 Å².